The number of aryl methyl sites for hydroxylation is 2. The first kappa shape index (κ1) is 13.1. The molecule has 0 saturated carbocycles. The number of nitrogens with one attached hydrogen (secondary N) is 1. The minimum Gasteiger partial charge on any atom is -0.317 e. The van der Waals surface area contributed by atoms with Crippen molar-refractivity contribution in [2.75, 3.05) is 5.32 Å². The summed E-state index contributed by atoms with van der Waals surface area (Å²) in [5.74, 6) is 0. The molecule has 0 unspecified atom stereocenters. The van der Waals surface area contributed by atoms with E-state index in [-0.39, 0.29) is 10.7 Å². The first-order valence-corrected chi connectivity index (χ1v) is 5.78. The van der Waals surface area contributed by atoms with Gasteiger partial charge in [-0.3, -0.25) is 4.79 Å². The summed E-state index contributed by atoms with van der Waals surface area (Å²) in [6.07, 6.45) is 0. The smallest absolute Gasteiger partial charge is 0.280 e. The van der Waals surface area contributed by atoms with Gasteiger partial charge in [0.15, 0.2) is 0 Å². The lowest BCUT2D eigenvalue weighted by molar-refractivity contribution is 0.270. The van der Waals surface area contributed by atoms with Gasteiger partial charge in [0, 0.05) is 5.69 Å². The van der Waals surface area contributed by atoms with Crippen LogP contribution in [-0.2, 0) is 5.41 Å². The summed E-state index contributed by atoms with van der Waals surface area (Å²) in [6.45, 7) is 10.5. The summed E-state index contributed by atoms with van der Waals surface area (Å²) in [7, 11) is 0. The van der Waals surface area contributed by atoms with Crippen LogP contribution in [0.15, 0.2) is 12.1 Å². The Labute approximate surface area is 103 Å². The van der Waals surface area contributed by atoms with E-state index in [1.807, 2.05) is 13.8 Å². The summed E-state index contributed by atoms with van der Waals surface area (Å²) in [6, 6.07) is 4.23. The highest BCUT2D eigenvalue weighted by atomic mass is 32.1. The van der Waals surface area contributed by atoms with Crippen LogP contribution in [0, 0.1) is 13.8 Å². The fourth-order valence-corrected chi connectivity index (χ4v) is 1.81. The Balaban J connectivity index is 3.23. The molecular weight excluding hydrogens is 218 g/mol. The third-order valence-corrected chi connectivity index (χ3v) is 2.74. The summed E-state index contributed by atoms with van der Waals surface area (Å²) in [5, 5.41) is 2.42. The number of hydrogen-bond acceptors (Lipinski definition) is 1. The van der Waals surface area contributed by atoms with E-state index in [1.54, 1.807) is 0 Å². The fourth-order valence-electron chi connectivity index (χ4n) is 1.70. The number of thiol groups is 1. The van der Waals surface area contributed by atoms with Gasteiger partial charge in [0.2, 0.25) is 0 Å². The van der Waals surface area contributed by atoms with Gasteiger partial charge < -0.3 is 5.32 Å². The van der Waals surface area contributed by atoms with E-state index in [1.165, 1.54) is 5.56 Å². The minimum atomic E-state index is -0.324. The van der Waals surface area contributed by atoms with E-state index < -0.39 is 0 Å². The average Bonchev–Trinajstić information content (AvgIpc) is 2.09. The van der Waals surface area contributed by atoms with Crippen molar-refractivity contribution >= 4 is 23.6 Å². The molecule has 0 fully saturated rings. The standard InChI is InChI=1S/C13H19NOS/c1-8-6-10(13(3,4)5)7-9(2)11(8)14-12(15)16/h6-7H,1-5H3,(H2,14,15,16). The van der Waals surface area contributed by atoms with Crippen molar-refractivity contribution in [3.05, 3.63) is 28.8 Å². The van der Waals surface area contributed by atoms with Gasteiger partial charge in [0.25, 0.3) is 5.24 Å². The highest BCUT2D eigenvalue weighted by molar-refractivity contribution is 7.96. The molecule has 1 N–H and O–H groups in total. The molecule has 2 nitrogen and oxygen atoms in total. The Kier molecular flexibility index (Phi) is 3.68. The monoisotopic (exact) mass is 237 g/mol. The molecule has 3 heteroatoms. The summed E-state index contributed by atoms with van der Waals surface area (Å²) in [5.41, 5.74) is 4.42. The fraction of sp³-hybridized carbons (Fsp3) is 0.462. The van der Waals surface area contributed by atoms with Crippen LogP contribution in [0.2, 0.25) is 0 Å². The molecule has 16 heavy (non-hydrogen) atoms. The first-order valence-electron chi connectivity index (χ1n) is 5.33. The van der Waals surface area contributed by atoms with Gasteiger partial charge in [-0.2, -0.15) is 0 Å². The van der Waals surface area contributed by atoms with Crippen molar-refractivity contribution in [1.29, 1.82) is 0 Å². The van der Waals surface area contributed by atoms with Crippen molar-refractivity contribution in [1.82, 2.24) is 0 Å². The zero-order valence-corrected chi connectivity index (χ0v) is 11.4. The lowest BCUT2D eigenvalue weighted by Gasteiger charge is -2.22. The molecule has 0 aromatic heterocycles. The largest absolute Gasteiger partial charge is 0.317 e. The Morgan fingerprint density at radius 3 is 1.94 bits per heavy atom. The molecule has 0 aliphatic carbocycles. The van der Waals surface area contributed by atoms with Gasteiger partial charge in [-0.15, -0.1) is 0 Å². The third-order valence-electron chi connectivity index (χ3n) is 2.63. The molecule has 0 heterocycles. The van der Waals surface area contributed by atoms with Crippen LogP contribution < -0.4 is 5.32 Å². The molecule has 0 radical (unpaired) electrons. The number of rotatable bonds is 1. The molecule has 1 aromatic carbocycles. The van der Waals surface area contributed by atoms with Crippen LogP contribution in [0.4, 0.5) is 10.5 Å². The SMILES string of the molecule is Cc1cc(C(C)(C)C)cc(C)c1NC(=O)S. The molecule has 1 aromatic rings. The van der Waals surface area contributed by atoms with Crippen molar-refractivity contribution in [2.45, 2.75) is 40.0 Å². The summed E-state index contributed by atoms with van der Waals surface area (Å²) < 4.78 is 0. The Morgan fingerprint density at radius 1 is 1.19 bits per heavy atom. The molecule has 0 bridgehead atoms. The van der Waals surface area contributed by atoms with Crippen molar-refractivity contribution in [3.63, 3.8) is 0 Å². The number of anilines is 1. The number of amides is 1. The minimum absolute atomic E-state index is 0.124. The lowest BCUT2D eigenvalue weighted by Crippen LogP contribution is -2.13. The van der Waals surface area contributed by atoms with E-state index in [9.17, 15) is 4.79 Å². The number of benzene rings is 1. The molecule has 1 amide bonds. The van der Waals surface area contributed by atoms with E-state index in [0.717, 1.165) is 16.8 Å². The van der Waals surface area contributed by atoms with E-state index in [2.05, 4.69) is 50.8 Å². The first-order chi connectivity index (χ1) is 7.21. The van der Waals surface area contributed by atoms with Crippen LogP contribution in [0.5, 0.6) is 0 Å². The normalized spacial score (nSPS) is 11.4. The Bertz CT molecular complexity index is 395. The van der Waals surface area contributed by atoms with Crippen LogP contribution >= 0.6 is 12.6 Å². The third kappa shape index (κ3) is 3.01. The number of carbonyl (C=O) groups is 1. The average molecular weight is 237 g/mol. The maximum Gasteiger partial charge on any atom is 0.280 e. The van der Waals surface area contributed by atoms with Gasteiger partial charge in [-0.25, -0.2) is 0 Å². The molecule has 0 aliphatic rings. The van der Waals surface area contributed by atoms with Gasteiger partial charge in [-0.05, 0) is 36.0 Å². The number of hydrogen-bond donors (Lipinski definition) is 2. The van der Waals surface area contributed by atoms with Crippen LogP contribution in [0.3, 0.4) is 0 Å². The van der Waals surface area contributed by atoms with Crippen LogP contribution in [-0.4, -0.2) is 5.24 Å². The Morgan fingerprint density at radius 2 is 1.62 bits per heavy atom. The predicted molar refractivity (Wildman–Crippen MR) is 72.6 cm³/mol. The van der Waals surface area contributed by atoms with Crippen LogP contribution in [0.25, 0.3) is 0 Å². The molecule has 1 rings (SSSR count). The second-order valence-corrected chi connectivity index (χ2v) is 5.57. The lowest BCUT2D eigenvalue weighted by atomic mass is 9.85. The highest BCUT2D eigenvalue weighted by Gasteiger charge is 2.16. The van der Waals surface area contributed by atoms with E-state index in [0.29, 0.717) is 0 Å². The van der Waals surface area contributed by atoms with Gasteiger partial charge in [0.05, 0.1) is 0 Å². The predicted octanol–water partition coefficient (Wildman–Crippen LogP) is 4.06. The molecule has 88 valence electrons. The van der Waals surface area contributed by atoms with Gasteiger partial charge >= 0.3 is 0 Å². The van der Waals surface area contributed by atoms with E-state index >= 15 is 0 Å². The molecule has 0 atom stereocenters. The zero-order valence-electron chi connectivity index (χ0n) is 10.5. The Hall–Kier alpha value is -0.960. The molecule has 0 spiro atoms. The quantitative estimate of drug-likeness (QED) is 0.708. The maximum atomic E-state index is 11.0. The van der Waals surface area contributed by atoms with E-state index in [4.69, 9.17) is 0 Å². The molecule has 0 saturated heterocycles. The second kappa shape index (κ2) is 4.50. The van der Waals surface area contributed by atoms with Crippen molar-refractivity contribution in [3.8, 4) is 0 Å². The zero-order chi connectivity index (χ0) is 12.5. The number of carbonyl (C=O) groups excluding carboxylic acids is 1. The van der Waals surface area contributed by atoms with Crippen LogP contribution in [0.1, 0.15) is 37.5 Å². The van der Waals surface area contributed by atoms with Gasteiger partial charge in [0.1, 0.15) is 0 Å². The maximum absolute atomic E-state index is 11.0. The summed E-state index contributed by atoms with van der Waals surface area (Å²) >= 11 is 3.74. The molecular formula is C13H19NOS. The topological polar surface area (TPSA) is 29.1 Å². The van der Waals surface area contributed by atoms with Gasteiger partial charge in [-0.1, -0.05) is 45.5 Å². The highest BCUT2D eigenvalue weighted by Crippen LogP contribution is 2.29. The summed E-state index contributed by atoms with van der Waals surface area (Å²) in [4.78, 5) is 11.0. The van der Waals surface area contributed by atoms with Crippen molar-refractivity contribution in [2.24, 2.45) is 0 Å². The molecule has 0 aliphatic heterocycles. The van der Waals surface area contributed by atoms with Crippen molar-refractivity contribution < 1.29 is 4.79 Å². The second-order valence-electron chi connectivity index (χ2n) is 5.17.